The average Bonchev–Trinajstić information content (AvgIpc) is 3.09. The van der Waals surface area contributed by atoms with E-state index in [9.17, 15) is 5.11 Å². The number of likely N-dealkylation sites (tertiary alicyclic amines) is 1. The van der Waals surface area contributed by atoms with Crippen LogP contribution in [-0.2, 0) is 0 Å². The summed E-state index contributed by atoms with van der Waals surface area (Å²) >= 11 is 8.02. The number of piperidine rings is 1. The van der Waals surface area contributed by atoms with Gasteiger partial charge in [0, 0.05) is 5.02 Å². The second-order valence-electron chi connectivity index (χ2n) is 6.79. The predicted octanol–water partition coefficient (Wildman–Crippen LogP) is 4.28. The Kier molecular flexibility index (Phi) is 4.43. The van der Waals surface area contributed by atoms with Gasteiger partial charge in [-0.05, 0) is 50.4 Å². The summed E-state index contributed by atoms with van der Waals surface area (Å²) in [6, 6.07) is 7.82. The van der Waals surface area contributed by atoms with Crippen LogP contribution in [0.3, 0.4) is 0 Å². The monoisotopic (exact) mass is 376 g/mol. The molecule has 2 aromatic heterocycles. The van der Waals surface area contributed by atoms with Gasteiger partial charge in [0.1, 0.15) is 5.82 Å². The first-order valence-corrected chi connectivity index (χ1v) is 9.77. The van der Waals surface area contributed by atoms with E-state index in [1.165, 1.54) is 15.9 Å². The molecule has 132 valence electrons. The predicted molar refractivity (Wildman–Crippen MR) is 101 cm³/mol. The van der Waals surface area contributed by atoms with E-state index < -0.39 is 0 Å². The molecule has 0 spiro atoms. The summed E-state index contributed by atoms with van der Waals surface area (Å²) in [5.74, 6) is 1.57. The summed E-state index contributed by atoms with van der Waals surface area (Å²) in [5.41, 5.74) is 1.02. The minimum absolute atomic E-state index is 0.0741. The summed E-state index contributed by atoms with van der Waals surface area (Å²) < 4.78 is 1.53. The molecule has 3 heterocycles. The largest absolute Gasteiger partial charge is 0.492 e. The van der Waals surface area contributed by atoms with Crippen molar-refractivity contribution in [2.24, 2.45) is 5.92 Å². The Morgan fingerprint density at radius 2 is 2.00 bits per heavy atom. The van der Waals surface area contributed by atoms with Gasteiger partial charge in [-0.3, -0.25) is 4.90 Å². The van der Waals surface area contributed by atoms with Gasteiger partial charge in [0.25, 0.3) is 0 Å². The molecule has 1 fully saturated rings. The van der Waals surface area contributed by atoms with Gasteiger partial charge >= 0.3 is 0 Å². The molecule has 1 aromatic carbocycles. The summed E-state index contributed by atoms with van der Waals surface area (Å²) in [6.45, 7) is 6.11. The minimum Gasteiger partial charge on any atom is -0.492 e. The Bertz CT molecular complexity index is 898. The van der Waals surface area contributed by atoms with Crippen LogP contribution in [0.15, 0.2) is 24.3 Å². The van der Waals surface area contributed by atoms with Crippen LogP contribution in [0.2, 0.25) is 5.02 Å². The lowest BCUT2D eigenvalue weighted by Crippen LogP contribution is -2.36. The molecule has 0 saturated carbocycles. The third-order valence-corrected chi connectivity index (χ3v) is 6.35. The lowest BCUT2D eigenvalue weighted by molar-refractivity contribution is 0.157. The van der Waals surface area contributed by atoms with Gasteiger partial charge in [-0.25, -0.2) is 4.98 Å². The van der Waals surface area contributed by atoms with Gasteiger partial charge in [-0.1, -0.05) is 48.1 Å². The van der Waals surface area contributed by atoms with E-state index >= 15 is 0 Å². The van der Waals surface area contributed by atoms with Crippen molar-refractivity contribution in [3.63, 3.8) is 0 Å². The SMILES string of the molecule is Cc1nc2sc(C(c3ccccc3Cl)N3CCC(C)CC3)c(O)n2n1. The zero-order chi connectivity index (χ0) is 17.6. The number of hydrogen-bond donors (Lipinski definition) is 1. The number of fused-ring (bicyclic) bond motifs is 1. The van der Waals surface area contributed by atoms with Crippen LogP contribution in [0, 0.1) is 12.8 Å². The van der Waals surface area contributed by atoms with Crippen LogP contribution >= 0.6 is 22.9 Å². The van der Waals surface area contributed by atoms with Gasteiger partial charge in [-0.2, -0.15) is 4.52 Å². The summed E-state index contributed by atoms with van der Waals surface area (Å²) in [6.07, 6.45) is 2.31. The van der Waals surface area contributed by atoms with Crippen LogP contribution < -0.4 is 0 Å². The van der Waals surface area contributed by atoms with E-state index in [4.69, 9.17) is 11.6 Å². The van der Waals surface area contributed by atoms with E-state index in [2.05, 4.69) is 21.9 Å². The first-order valence-electron chi connectivity index (χ1n) is 8.58. The number of thiazole rings is 1. The van der Waals surface area contributed by atoms with E-state index in [1.54, 1.807) is 0 Å². The van der Waals surface area contributed by atoms with Gasteiger partial charge in [-0.15, -0.1) is 5.10 Å². The molecular formula is C18H21ClN4OS. The average molecular weight is 377 g/mol. The molecule has 0 amide bonds. The number of rotatable bonds is 3. The number of aryl methyl sites for hydroxylation is 1. The van der Waals surface area contributed by atoms with Crippen LogP contribution in [-0.4, -0.2) is 37.7 Å². The maximum absolute atomic E-state index is 10.8. The van der Waals surface area contributed by atoms with Gasteiger partial charge in [0.2, 0.25) is 10.8 Å². The maximum atomic E-state index is 10.8. The molecule has 0 bridgehead atoms. The fourth-order valence-electron chi connectivity index (χ4n) is 3.51. The van der Waals surface area contributed by atoms with Gasteiger partial charge in [0.05, 0.1) is 10.9 Å². The molecule has 3 aromatic rings. The number of hydrogen-bond acceptors (Lipinski definition) is 5. The highest BCUT2D eigenvalue weighted by atomic mass is 35.5. The molecule has 7 heteroatoms. The van der Waals surface area contributed by atoms with Gasteiger partial charge < -0.3 is 5.11 Å². The molecule has 0 radical (unpaired) electrons. The molecule has 0 aliphatic carbocycles. The van der Waals surface area contributed by atoms with Crippen LogP contribution in [0.4, 0.5) is 0 Å². The fourth-order valence-corrected chi connectivity index (χ4v) is 4.91. The molecule has 1 aliphatic heterocycles. The molecule has 4 rings (SSSR count). The Balaban J connectivity index is 1.83. The number of halogens is 1. The van der Waals surface area contributed by atoms with E-state index in [0.29, 0.717) is 10.8 Å². The highest BCUT2D eigenvalue weighted by Crippen LogP contribution is 2.43. The van der Waals surface area contributed by atoms with Crippen molar-refractivity contribution < 1.29 is 5.11 Å². The zero-order valence-electron chi connectivity index (χ0n) is 14.3. The maximum Gasteiger partial charge on any atom is 0.230 e. The number of aromatic nitrogens is 3. The van der Waals surface area contributed by atoms with Crippen molar-refractivity contribution in [1.82, 2.24) is 19.5 Å². The Morgan fingerprint density at radius 3 is 2.68 bits per heavy atom. The standard InChI is InChI=1S/C18H21ClN4OS/c1-11-7-9-22(10-8-11)15(13-5-3-4-6-14(13)19)16-17(24)23-18(25-16)20-12(2)21-23/h3-6,11,15,24H,7-10H2,1-2H3. The number of benzene rings is 1. The second kappa shape index (κ2) is 6.59. The lowest BCUT2D eigenvalue weighted by Gasteiger charge is -2.36. The molecule has 1 atom stereocenters. The van der Waals surface area contributed by atoms with Crippen molar-refractivity contribution >= 4 is 27.9 Å². The summed E-state index contributed by atoms with van der Waals surface area (Å²) in [4.78, 5) is 8.40. The lowest BCUT2D eigenvalue weighted by atomic mass is 9.95. The van der Waals surface area contributed by atoms with Crippen LogP contribution in [0.1, 0.15) is 42.1 Å². The van der Waals surface area contributed by atoms with Crippen molar-refractivity contribution in [2.45, 2.75) is 32.7 Å². The summed E-state index contributed by atoms with van der Waals surface area (Å²) in [5, 5.41) is 15.8. The minimum atomic E-state index is -0.0741. The quantitative estimate of drug-likeness (QED) is 0.741. The number of aromatic hydroxyl groups is 1. The fraction of sp³-hybridized carbons (Fsp3) is 0.444. The molecule has 1 N–H and O–H groups in total. The van der Waals surface area contributed by atoms with Crippen LogP contribution in [0.25, 0.3) is 4.96 Å². The van der Waals surface area contributed by atoms with Crippen molar-refractivity contribution in [1.29, 1.82) is 0 Å². The normalized spacial score (nSPS) is 18.0. The molecule has 25 heavy (non-hydrogen) atoms. The first kappa shape index (κ1) is 16.8. The first-order chi connectivity index (χ1) is 12.0. The highest BCUT2D eigenvalue weighted by Gasteiger charge is 2.32. The molecule has 1 unspecified atom stereocenters. The van der Waals surface area contributed by atoms with E-state index in [0.717, 1.165) is 47.3 Å². The zero-order valence-corrected chi connectivity index (χ0v) is 15.9. The molecule has 5 nitrogen and oxygen atoms in total. The van der Waals surface area contributed by atoms with Crippen LogP contribution in [0.5, 0.6) is 5.88 Å². The van der Waals surface area contributed by atoms with E-state index in [-0.39, 0.29) is 11.9 Å². The second-order valence-corrected chi connectivity index (χ2v) is 8.20. The Labute approximate surface area is 155 Å². The highest BCUT2D eigenvalue weighted by molar-refractivity contribution is 7.17. The van der Waals surface area contributed by atoms with Crippen molar-refractivity contribution in [3.8, 4) is 5.88 Å². The smallest absolute Gasteiger partial charge is 0.230 e. The third kappa shape index (κ3) is 3.03. The molecular weight excluding hydrogens is 356 g/mol. The van der Waals surface area contributed by atoms with Gasteiger partial charge in [0.15, 0.2) is 0 Å². The van der Waals surface area contributed by atoms with Crippen molar-refractivity contribution in [3.05, 3.63) is 45.6 Å². The van der Waals surface area contributed by atoms with Crippen molar-refractivity contribution in [2.75, 3.05) is 13.1 Å². The summed E-state index contributed by atoms with van der Waals surface area (Å²) in [7, 11) is 0. The number of nitrogens with zero attached hydrogens (tertiary/aromatic N) is 4. The Hall–Kier alpha value is -1.63. The van der Waals surface area contributed by atoms with E-state index in [1.807, 2.05) is 31.2 Å². The Morgan fingerprint density at radius 1 is 1.28 bits per heavy atom. The third-order valence-electron chi connectivity index (χ3n) is 4.94. The molecule has 1 aliphatic rings. The molecule has 1 saturated heterocycles. The topological polar surface area (TPSA) is 53.7 Å².